The number of carbonyl (C=O) groups excluding carboxylic acids is 1. The van der Waals surface area contributed by atoms with Crippen LogP contribution in [-0.4, -0.2) is 43.0 Å². The molecule has 2 rings (SSSR count). The van der Waals surface area contributed by atoms with Gasteiger partial charge in [0.15, 0.2) is 0 Å². The van der Waals surface area contributed by atoms with E-state index in [1.165, 1.54) is 0 Å². The van der Waals surface area contributed by atoms with Crippen molar-refractivity contribution >= 4 is 29.9 Å². The molecule has 1 aliphatic heterocycles. The van der Waals surface area contributed by atoms with Crippen molar-refractivity contribution in [2.45, 2.75) is 13.3 Å². The number of thiol groups is 1. The fourth-order valence-corrected chi connectivity index (χ4v) is 2.83. The second-order valence-electron chi connectivity index (χ2n) is 5.08. The second kappa shape index (κ2) is 6.99. The molecular formula is C15H22N2O2S. The third-order valence-electron chi connectivity index (χ3n) is 3.74. The molecule has 1 unspecified atom stereocenters. The molecule has 0 spiro atoms. The molecule has 0 aromatic heterocycles. The van der Waals surface area contributed by atoms with Crippen LogP contribution in [-0.2, 0) is 4.79 Å². The Kier molecular flexibility index (Phi) is 5.31. The molecule has 1 saturated heterocycles. The lowest BCUT2D eigenvalue weighted by atomic mass is 10.1. The van der Waals surface area contributed by atoms with Crippen LogP contribution in [0.3, 0.4) is 0 Å². The number of carbonyl (C=O) groups is 1. The molecule has 1 aromatic rings. The highest BCUT2D eigenvalue weighted by molar-refractivity contribution is 7.80. The Balaban J connectivity index is 2.10. The number of likely N-dealkylation sites (N-methyl/N-ethyl adjacent to an activating group) is 1. The van der Waals surface area contributed by atoms with Gasteiger partial charge < -0.3 is 14.9 Å². The largest absolute Gasteiger partial charge is 0.395 e. The summed E-state index contributed by atoms with van der Waals surface area (Å²) in [6.07, 6.45) is 0.594. The van der Waals surface area contributed by atoms with Gasteiger partial charge in [0.05, 0.1) is 6.61 Å². The molecule has 110 valence electrons. The molecule has 1 amide bonds. The summed E-state index contributed by atoms with van der Waals surface area (Å²) in [4.78, 5) is 15.9. The summed E-state index contributed by atoms with van der Waals surface area (Å²) in [5.41, 5.74) is 2.02. The first-order valence-electron chi connectivity index (χ1n) is 7.06. The van der Waals surface area contributed by atoms with Crippen molar-refractivity contribution in [3.63, 3.8) is 0 Å². The fourth-order valence-electron chi connectivity index (χ4n) is 2.59. The van der Waals surface area contributed by atoms with Gasteiger partial charge >= 0.3 is 0 Å². The predicted molar refractivity (Wildman–Crippen MR) is 85.7 cm³/mol. The number of rotatable bonds is 6. The van der Waals surface area contributed by atoms with Crippen LogP contribution in [0.5, 0.6) is 0 Å². The Morgan fingerprint density at radius 1 is 1.40 bits per heavy atom. The normalized spacial score (nSPS) is 18.6. The molecule has 0 saturated carbocycles. The molecule has 4 nitrogen and oxygen atoms in total. The number of hydrogen-bond donors (Lipinski definition) is 2. The molecule has 1 fully saturated rings. The van der Waals surface area contributed by atoms with E-state index in [0.717, 1.165) is 30.2 Å². The predicted octanol–water partition coefficient (Wildman–Crippen LogP) is 1.79. The van der Waals surface area contributed by atoms with Crippen LogP contribution in [0, 0.1) is 5.92 Å². The van der Waals surface area contributed by atoms with Crippen LogP contribution in [0.4, 0.5) is 11.4 Å². The molecule has 5 heteroatoms. The number of hydrogen-bond acceptors (Lipinski definition) is 4. The molecule has 0 bridgehead atoms. The van der Waals surface area contributed by atoms with E-state index >= 15 is 0 Å². The van der Waals surface area contributed by atoms with Gasteiger partial charge in [-0.1, -0.05) is 0 Å². The summed E-state index contributed by atoms with van der Waals surface area (Å²) in [6.45, 7) is 4.44. The Labute approximate surface area is 125 Å². The minimum absolute atomic E-state index is 0.143. The van der Waals surface area contributed by atoms with E-state index in [2.05, 4.69) is 24.5 Å². The number of nitrogens with zero attached hydrogens (tertiary/aromatic N) is 2. The first-order valence-corrected chi connectivity index (χ1v) is 7.70. The zero-order chi connectivity index (χ0) is 14.5. The smallest absolute Gasteiger partial charge is 0.227 e. The average molecular weight is 294 g/mol. The first kappa shape index (κ1) is 15.2. The van der Waals surface area contributed by atoms with Gasteiger partial charge in [-0.05, 0) is 42.9 Å². The van der Waals surface area contributed by atoms with Crippen molar-refractivity contribution in [2.24, 2.45) is 5.92 Å². The quantitative estimate of drug-likeness (QED) is 0.786. The summed E-state index contributed by atoms with van der Waals surface area (Å²) >= 11 is 4.28. The zero-order valence-corrected chi connectivity index (χ0v) is 12.7. The maximum Gasteiger partial charge on any atom is 0.227 e. The molecule has 1 N–H and O–H groups in total. The second-order valence-corrected chi connectivity index (χ2v) is 5.44. The first-order chi connectivity index (χ1) is 9.69. The van der Waals surface area contributed by atoms with Gasteiger partial charge in [0, 0.05) is 37.4 Å². The lowest BCUT2D eigenvalue weighted by Gasteiger charge is -2.23. The van der Waals surface area contributed by atoms with Gasteiger partial charge in [-0.15, -0.1) is 0 Å². The summed E-state index contributed by atoms with van der Waals surface area (Å²) < 4.78 is 0. The third kappa shape index (κ3) is 3.27. The van der Waals surface area contributed by atoms with Gasteiger partial charge in [0.2, 0.25) is 5.91 Å². The summed E-state index contributed by atoms with van der Waals surface area (Å²) in [5.74, 6) is 1.28. The van der Waals surface area contributed by atoms with Crippen LogP contribution in [0.25, 0.3) is 0 Å². The van der Waals surface area contributed by atoms with Gasteiger partial charge in [-0.2, -0.15) is 12.6 Å². The zero-order valence-electron chi connectivity index (χ0n) is 11.8. The lowest BCUT2D eigenvalue weighted by Crippen LogP contribution is -2.27. The van der Waals surface area contributed by atoms with Crippen molar-refractivity contribution in [3.8, 4) is 0 Å². The molecule has 1 heterocycles. The van der Waals surface area contributed by atoms with E-state index in [1.54, 1.807) is 0 Å². The molecule has 1 aliphatic rings. The summed E-state index contributed by atoms with van der Waals surface area (Å²) in [6, 6.07) is 7.98. The number of aliphatic hydroxyl groups excluding tert-OH is 1. The van der Waals surface area contributed by atoms with Crippen LogP contribution in [0.15, 0.2) is 24.3 Å². The topological polar surface area (TPSA) is 43.8 Å². The molecular weight excluding hydrogens is 272 g/mol. The maximum absolute atomic E-state index is 12.0. The van der Waals surface area contributed by atoms with Gasteiger partial charge in [-0.3, -0.25) is 4.79 Å². The Bertz CT molecular complexity index is 450. The lowest BCUT2D eigenvalue weighted by molar-refractivity contribution is -0.117. The molecule has 1 aromatic carbocycles. The minimum atomic E-state index is 0.143. The van der Waals surface area contributed by atoms with Crippen LogP contribution >= 0.6 is 12.6 Å². The highest BCUT2D eigenvalue weighted by atomic mass is 32.1. The van der Waals surface area contributed by atoms with E-state index in [0.29, 0.717) is 18.9 Å². The monoisotopic (exact) mass is 294 g/mol. The van der Waals surface area contributed by atoms with Gasteiger partial charge in [0.25, 0.3) is 0 Å². The van der Waals surface area contributed by atoms with Crippen LogP contribution < -0.4 is 9.80 Å². The average Bonchev–Trinajstić information content (AvgIpc) is 2.86. The van der Waals surface area contributed by atoms with E-state index < -0.39 is 0 Å². The Morgan fingerprint density at radius 2 is 2.10 bits per heavy atom. The maximum atomic E-state index is 12.0. The molecule has 1 atom stereocenters. The molecule has 0 aliphatic carbocycles. The minimum Gasteiger partial charge on any atom is -0.395 e. The van der Waals surface area contributed by atoms with E-state index in [-0.39, 0.29) is 12.5 Å². The number of benzene rings is 1. The SMILES string of the molecule is CCN(CCO)c1ccc(N2CC(CS)CC2=O)cc1. The summed E-state index contributed by atoms with van der Waals surface area (Å²) in [5, 5.41) is 9.05. The van der Waals surface area contributed by atoms with Crippen LogP contribution in [0.2, 0.25) is 0 Å². The third-order valence-corrected chi connectivity index (χ3v) is 4.26. The Hall–Kier alpha value is -1.20. The number of aliphatic hydroxyl groups is 1. The van der Waals surface area contributed by atoms with E-state index in [4.69, 9.17) is 5.11 Å². The van der Waals surface area contributed by atoms with E-state index in [1.807, 2.05) is 29.2 Å². The Morgan fingerprint density at radius 3 is 2.60 bits per heavy atom. The summed E-state index contributed by atoms with van der Waals surface area (Å²) in [7, 11) is 0. The van der Waals surface area contributed by atoms with Gasteiger partial charge in [0.1, 0.15) is 0 Å². The van der Waals surface area contributed by atoms with E-state index in [9.17, 15) is 4.79 Å². The molecule has 0 radical (unpaired) electrons. The van der Waals surface area contributed by atoms with Gasteiger partial charge in [-0.25, -0.2) is 0 Å². The van der Waals surface area contributed by atoms with Crippen molar-refractivity contribution in [1.82, 2.24) is 0 Å². The standard InChI is InChI=1S/C15H22N2O2S/c1-2-16(7-8-18)13-3-5-14(6-4-13)17-10-12(11-20)9-15(17)19/h3-6,12,18,20H,2,7-11H2,1H3. The van der Waals surface area contributed by atoms with Crippen molar-refractivity contribution in [1.29, 1.82) is 0 Å². The van der Waals surface area contributed by atoms with Crippen molar-refractivity contribution in [2.75, 3.05) is 41.8 Å². The highest BCUT2D eigenvalue weighted by Crippen LogP contribution is 2.27. The van der Waals surface area contributed by atoms with Crippen molar-refractivity contribution < 1.29 is 9.90 Å². The highest BCUT2D eigenvalue weighted by Gasteiger charge is 2.29. The molecule has 20 heavy (non-hydrogen) atoms. The number of amides is 1. The fraction of sp³-hybridized carbons (Fsp3) is 0.533. The van der Waals surface area contributed by atoms with Crippen molar-refractivity contribution in [3.05, 3.63) is 24.3 Å². The number of anilines is 2. The van der Waals surface area contributed by atoms with Crippen LogP contribution in [0.1, 0.15) is 13.3 Å².